The van der Waals surface area contributed by atoms with Gasteiger partial charge in [0.15, 0.2) is 17.5 Å². The van der Waals surface area contributed by atoms with Crippen molar-refractivity contribution in [1.29, 1.82) is 0 Å². The van der Waals surface area contributed by atoms with Crippen LogP contribution in [0.2, 0.25) is 0 Å². The number of hydrogen-bond acceptors (Lipinski definition) is 4. The summed E-state index contributed by atoms with van der Waals surface area (Å²) in [6.07, 6.45) is 1.06. The summed E-state index contributed by atoms with van der Waals surface area (Å²) < 4.78 is 14.1. The average molecular weight is 365 g/mol. The molecule has 0 bridgehead atoms. The first-order valence-corrected chi connectivity index (χ1v) is 7.27. The number of hydrogen-bond donors (Lipinski definition) is 1. The van der Waals surface area contributed by atoms with Gasteiger partial charge in [0.25, 0.3) is 0 Å². The summed E-state index contributed by atoms with van der Waals surface area (Å²) in [7, 11) is 0. The molecule has 0 radical (unpaired) electrons. The average Bonchev–Trinajstić information content (AvgIpc) is 2.95. The van der Waals surface area contributed by atoms with Crippen molar-refractivity contribution < 1.29 is 9.18 Å². The number of rotatable bonds is 3. The molecule has 6 nitrogen and oxygen atoms in total. The van der Waals surface area contributed by atoms with E-state index < -0.39 is 5.82 Å². The summed E-state index contributed by atoms with van der Waals surface area (Å²) in [6.45, 7) is 1.90. The Morgan fingerprint density at radius 1 is 1.41 bits per heavy atom. The summed E-state index contributed by atoms with van der Waals surface area (Å²) in [4.78, 5) is 27.0. The van der Waals surface area contributed by atoms with Crippen LogP contribution < -0.4 is 5.43 Å². The predicted molar refractivity (Wildman–Crippen MR) is 81.9 cm³/mol. The molecule has 0 aliphatic carbocycles. The molecule has 112 valence electrons. The lowest BCUT2D eigenvalue weighted by atomic mass is 10.2. The Morgan fingerprint density at radius 3 is 2.82 bits per heavy atom. The third-order valence-corrected chi connectivity index (χ3v) is 4.10. The van der Waals surface area contributed by atoms with Crippen molar-refractivity contribution in [2.24, 2.45) is 0 Å². The molecule has 0 saturated carbocycles. The highest BCUT2D eigenvalue weighted by Crippen LogP contribution is 2.16. The topological polar surface area (TPSA) is 80.6 Å². The molecule has 0 fully saturated rings. The van der Waals surface area contributed by atoms with Crippen LogP contribution in [-0.4, -0.2) is 26.3 Å². The minimum Gasteiger partial charge on any atom is -0.339 e. The van der Waals surface area contributed by atoms with E-state index in [1.54, 1.807) is 0 Å². The highest BCUT2D eigenvalue weighted by atomic mass is 79.9. The molecule has 8 heteroatoms. The van der Waals surface area contributed by atoms with Crippen molar-refractivity contribution in [1.82, 2.24) is 20.0 Å². The van der Waals surface area contributed by atoms with Gasteiger partial charge in [-0.05, 0) is 34.5 Å². The second-order valence-electron chi connectivity index (χ2n) is 4.61. The fourth-order valence-corrected chi connectivity index (χ4v) is 2.64. The molecule has 0 atom stereocenters. The van der Waals surface area contributed by atoms with Crippen molar-refractivity contribution in [3.8, 4) is 5.69 Å². The summed E-state index contributed by atoms with van der Waals surface area (Å²) in [5.41, 5.74) is 1.19. The Labute approximate surface area is 132 Å². The molecular weight excluding hydrogens is 355 g/mol. The normalized spacial score (nSPS) is 11.0. The lowest BCUT2D eigenvalue weighted by Gasteiger charge is -2.00. The quantitative estimate of drug-likeness (QED) is 0.723. The van der Waals surface area contributed by atoms with Crippen LogP contribution in [0.5, 0.6) is 0 Å². The number of carbonyl (C=O) groups excluding carboxylic acids is 1. The van der Waals surface area contributed by atoms with Gasteiger partial charge in [0.2, 0.25) is 5.43 Å². The van der Waals surface area contributed by atoms with Gasteiger partial charge in [0.05, 0.1) is 15.7 Å². The van der Waals surface area contributed by atoms with E-state index in [2.05, 4.69) is 31.1 Å². The van der Waals surface area contributed by atoms with E-state index in [1.807, 2.05) is 6.92 Å². The molecule has 0 unspecified atom stereocenters. The standard InChI is InChI=1S/C14H10BrFN4O2/c1-2-10-11(15)13(22)12-14(17-10)19-20(18-12)8-4-3-7(6-21)9(16)5-8/h3-6H,2H2,1H3,(H,17,19). The van der Waals surface area contributed by atoms with E-state index in [0.717, 1.165) is 10.9 Å². The molecule has 3 aromatic rings. The van der Waals surface area contributed by atoms with Gasteiger partial charge >= 0.3 is 0 Å². The molecule has 0 aliphatic rings. The molecule has 0 spiro atoms. The van der Waals surface area contributed by atoms with Gasteiger partial charge in [0.1, 0.15) is 5.82 Å². The lowest BCUT2D eigenvalue weighted by molar-refractivity contribution is 0.112. The number of halogens is 2. The third kappa shape index (κ3) is 2.25. The molecule has 0 saturated heterocycles. The minimum atomic E-state index is -0.671. The SMILES string of the molecule is CCc1[nH]c2nn(-c3ccc(C=O)c(F)c3)nc2c(=O)c1Br. The number of aromatic amines is 1. The molecule has 1 N–H and O–H groups in total. The van der Waals surface area contributed by atoms with Crippen molar-refractivity contribution in [3.63, 3.8) is 0 Å². The minimum absolute atomic E-state index is 0.0486. The van der Waals surface area contributed by atoms with Crippen molar-refractivity contribution in [3.05, 3.63) is 50.0 Å². The zero-order chi connectivity index (χ0) is 15.9. The maximum Gasteiger partial charge on any atom is 0.225 e. The smallest absolute Gasteiger partial charge is 0.225 e. The molecule has 3 rings (SSSR count). The van der Waals surface area contributed by atoms with Crippen LogP contribution in [-0.2, 0) is 6.42 Å². The summed E-state index contributed by atoms with van der Waals surface area (Å²) >= 11 is 3.24. The van der Waals surface area contributed by atoms with Crippen LogP contribution in [0, 0.1) is 5.82 Å². The van der Waals surface area contributed by atoms with E-state index in [1.165, 1.54) is 12.1 Å². The van der Waals surface area contributed by atoms with Gasteiger partial charge < -0.3 is 4.98 Å². The van der Waals surface area contributed by atoms with Gasteiger partial charge in [-0.25, -0.2) is 4.39 Å². The van der Waals surface area contributed by atoms with Gasteiger partial charge in [-0.2, -0.15) is 0 Å². The van der Waals surface area contributed by atoms with Crippen LogP contribution in [0.4, 0.5) is 4.39 Å². The number of carbonyl (C=O) groups is 1. The molecule has 22 heavy (non-hydrogen) atoms. The summed E-state index contributed by atoms with van der Waals surface area (Å²) in [5, 5.41) is 8.26. The molecule has 2 aromatic heterocycles. The Bertz CT molecular complexity index is 948. The fraction of sp³-hybridized carbons (Fsp3) is 0.143. The Kier molecular flexibility index (Phi) is 3.61. The zero-order valence-corrected chi connectivity index (χ0v) is 13.0. The molecule has 1 aromatic carbocycles. The van der Waals surface area contributed by atoms with Crippen LogP contribution in [0.1, 0.15) is 23.0 Å². The predicted octanol–water partition coefficient (Wildman–Crippen LogP) is 2.39. The first-order valence-electron chi connectivity index (χ1n) is 6.48. The number of H-pyrrole nitrogens is 1. The van der Waals surface area contributed by atoms with Gasteiger partial charge in [-0.3, -0.25) is 9.59 Å². The Balaban J connectivity index is 2.21. The number of benzene rings is 1. The molecule has 0 aliphatic heterocycles. The van der Waals surface area contributed by atoms with E-state index in [0.29, 0.717) is 34.2 Å². The van der Waals surface area contributed by atoms with Crippen molar-refractivity contribution in [2.45, 2.75) is 13.3 Å². The van der Waals surface area contributed by atoms with E-state index in [-0.39, 0.29) is 16.5 Å². The number of aromatic nitrogens is 4. The highest BCUT2D eigenvalue weighted by Gasteiger charge is 2.14. The Hall–Kier alpha value is -2.35. The van der Waals surface area contributed by atoms with Crippen LogP contribution in [0.15, 0.2) is 27.5 Å². The maximum atomic E-state index is 13.7. The number of nitrogens with one attached hydrogen (secondary N) is 1. The van der Waals surface area contributed by atoms with Gasteiger partial charge in [-0.15, -0.1) is 15.0 Å². The summed E-state index contributed by atoms with van der Waals surface area (Å²) in [5.74, 6) is -0.671. The van der Waals surface area contributed by atoms with Crippen LogP contribution >= 0.6 is 15.9 Å². The van der Waals surface area contributed by atoms with Crippen LogP contribution in [0.3, 0.4) is 0 Å². The second kappa shape index (κ2) is 5.45. The highest BCUT2D eigenvalue weighted by molar-refractivity contribution is 9.10. The monoisotopic (exact) mass is 364 g/mol. The number of aldehydes is 1. The maximum absolute atomic E-state index is 13.7. The van der Waals surface area contributed by atoms with E-state index >= 15 is 0 Å². The number of aryl methyl sites for hydroxylation is 1. The fourth-order valence-electron chi connectivity index (χ4n) is 2.08. The number of nitrogens with zero attached hydrogens (tertiary/aromatic N) is 3. The molecule has 2 heterocycles. The largest absolute Gasteiger partial charge is 0.339 e. The second-order valence-corrected chi connectivity index (χ2v) is 5.40. The first-order chi connectivity index (χ1) is 10.5. The van der Waals surface area contributed by atoms with E-state index in [4.69, 9.17) is 0 Å². The van der Waals surface area contributed by atoms with Gasteiger partial charge in [0, 0.05) is 11.8 Å². The zero-order valence-electron chi connectivity index (χ0n) is 11.4. The number of fused-ring (bicyclic) bond motifs is 1. The van der Waals surface area contributed by atoms with Gasteiger partial charge in [-0.1, -0.05) is 6.92 Å². The molecule has 0 amide bonds. The van der Waals surface area contributed by atoms with Crippen molar-refractivity contribution in [2.75, 3.05) is 0 Å². The molecular formula is C14H10BrFN4O2. The number of pyridine rings is 1. The Morgan fingerprint density at radius 2 is 2.18 bits per heavy atom. The van der Waals surface area contributed by atoms with E-state index in [9.17, 15) is 14.0 Å². The van der Waals surface area contributed by atoms with Crippen LogP contribution in [0.25, 0.3) is 16.9 Å². The van der Waals surface area contributed by atoms with Crippen molar-refractivity contribution >= 4 is 33.4 Å². The third-order valence-electron chi connectivity index (χ3n) is 3.26. The summed E-state index contributed by atoms with van der Waals surface area (Å²) in [6, 6.07) is 3.98. The first kappa shape index (κ1) is 14.6. The lowest BCUT2D eigenvalue weighted by Crippen LogP contribution is -2.08.